The van der Waals surface area contributed by atoms with Crippen LogP contribution in [0.3, 0.4) is 0 Å². The number of rotatable bonds is 8. The molecule has 0 unspecified atom stereocenters. The molecule has 0 aromatic heterocycles. The summed E-state index contributed by atoms with van der Waals surface area (Å²) >= 11 is 0. The summed E-state index contributed by atoms with van der Waals surface area (Å²) in [4.78, 5) is 24.4. The van der Waals surface area contributed by atoms with Gasteiger partial charge in [-0.1, -0.05) is 20.8 Å². The van der Waals surface area contributed by atoms with Gasteiger partial charge in [0.05, 0.1) is 48.8 Å². The van der Waals surface area contributed by atoms with E-state index in [0.29, 0.717) is 19.3 Å². The van der Waals surface area contributed by atoms with Crippen molar-refractivity contribution in [2.75, 3.05) is 13.2 Å². The minimum absolute atomic E-state index is 0.0283. The van der Waals surface area contributed by atoms with Gasteiger partial charge < -0.3 is 63.8 Å². The zero-order valence-electron chi connectivity index (χ0n) is 35.4. The van der Waals surface area contributed by atoms with Crippen LogP contribution in [0.25, 0.3) is 0 Å². The predicted molar refractivity (Wildman–Crippen MR) is 202 cm³/mol. The topological polar surface area (TPSA) is 220 Å². The van der Waals surface area contributed by atoms with E-state index in [4.69, 9.17) is 33.2 Å². The number of hydrogen-bond donors (Lipinski definition) is 6. The SMILES string of the molecule is CC(=O)O[C@@H]1[C@@H](OC(C)=O)[C@H](O[C@H]2CC[C@]34C[C@]35CC[C@@]3(C)[C@@H](C[C@H](O)[C@@H]3[C@@]3(C)CC[C@@H](C(C)(C)O)O3)[C@@H]5C[C@H](O[C@@H]3OC[C@@H](O)[C@H](O)[C@H]3O)[C@H]4C2(C)C)OC[C@H]1O. The van der Waals surface area contributed by atoms with E-state index < -0.39 is 96.1 Å². The van der Waals surface area contributed by atoms with E-state index in [1.165, 1.54) is 13.8 Å². The molecule has 3 aliphatic heterocycles. The summed E-state index contributed by atoms with van der Waals surface area (Å²) in [5.74, 6) is -1.22. The van der Waals surface area contributed by atoms with Crippen LogP contribution < -0.4 is 0 Å². The summed E-state index contributed by atoms with van der Waals surface area (Å²) in [6.45, 7) is 14.4. The maximum atomic E-state index is 12.3. The van der Waals surface area contributed by atoms with E-state index in [2.05, 4.69) is 27.7 Å². The molecule has 8 fully saturated rings. The second-order valence-corrected chi connectivity index (χ2v) is 21.1. The second-order valence-electron chi connectivity index (χ2n) is 21.1. The first-order chi connectivity index (χ1) is 27.0. The van der Waals surface area contributed by atoms with Crippen LogP contribution in [-0.4, -0.2) is 141 Å². The van der Waals surface area contributed by atoms with Crippen LogP contribution in [0.15, 0.2) is 0 Å². The van der Waals surface area contributed by atoms with E-state index in [9.17, 15) is 40.2 Å². The van der Waals surface area contributed by atoms with Crippen molar-refractivity contribution < 1.29 is 73.4 Å². The molecule has 58 heavy (non-hydrogen) atoms. The molecule has 5 saturated carbocycles. The van der Waals surface area contributed by atoms with Crippen LogP contribution in [0.2, 0.25) is 0 Å². The number of aliphatic hydroxyl groups is 6. The van der Waals surface area contributed by atoms with Crippen LogP contribution in [0.1, 0.15) is 113 Å². The molecule has 0 amide bonds. The molecule has 0 aromatic carbocycles. The lowest BCUT2D eigenvalue weighted by Crippen LogP contribution is -2.63. The summed E-state index contributed by atoms with van der Waals surface area (Å²) in [5.41, 5.74) is -2.66. The highest BCUT2D eigenvalue weighted by Crippen LogP contribution is 2.87. The Balaban J connectivity index is 1.11. The molecule has 6 N–H and O–H groups in total. The number of ether oxygens (including phenoxy) is 7. The lowest BCUT2D eigenvalue weighted by atomic mass is 9.45. The van der Waals surface area contributed by atoms with Crippen LogP contribution in [-0.2, 0) is 42.7 Å². The van der Waals surface area contributed by atoms with E-state index in [1.807, 2.05) is 0 Å². The fourth-order valence-corrected chi connectivity index (χ4v) is 14.7. The number of esters is 2. The van der Waals surface area contributed by atoms with Crippen molar-refractivity contribution in [3.05, 3.63) is 0 Å². The number of carbonyl (C=O) groups is 2. The van der Waals surface area contributed by atoms with Gasteiger partial charge in [0.1, 0.15) is 24.4 Å². The van der Waals surface area contributed by atoms with Crippen LogP contribution in [0.5, 0.6) is 0 Å². The first-order valence-corrected chi connectivity index (χ1v) is 21.7. The summed E-state index contributed by atoms with van der Waals surface area (Å²) in [6.07, 6.45) is -4.97. The highest BCUT2D eigenvalue weighted by molar-refractivity contribution is 5.67. The molecule has 3 heterocycles. The van der Waals surface area contributed by atoms with Gasteiger partial charge in [0.2, 0.25) is 0 Å². The van der Waals surface area contributed by atoms with E-state index in [0.717, 1.165) is 38.5 Å². The molecule has 5 aliphatic carbocycles. The molecule has 8 aliphatic rings. The standard InChI is InChI=1S/C43H68O15/c1-20(44)54-32-26(48)18-53-37(33(32)55-21(2)45)57-28-10-12-43-19-42(43)14-13-40(7)22(15-24(46)34(40)41(8)11-9-29(58-41)39(5,6)51)23(42)16-27(35(43)38(28,3)4)56-36-31(50)30(49)25(47)17-52-36/h22-37,46-51H,9-19H2,1-8H3/t22-,23-,24-,25+,26+,27-,28-,29-,30-,31+,32-,33+,34-,35-,36-,37-,40-,41+,42-,43+/m0/s1. The van der Waals surface area contributed by atoms with Gasteiger partial charge in [0.25, 0.3) is 0 Å². The van der Waals surface area contributed by atoms with Crippen molar-refractivity contribution in [1.82, 2.24) is 0 Å². The van der Waals surface area contributed by atoms with Crippen LogP contribution in [0.4, 0.5) is 0 Å². The van der Waals surface area contributed by atoms with Gasteiger partial charge in [-0.25, -0.2) is 0 Å². The highest BCUT2D eigenvalue weighted by atomic mass is 16.7. The van der Waals surface area contributed by atoms with Crippen molar-refractivity contribution in [3.63, 3.8) is 0 Å². The summed E-state index contributed by atoms with van der Waals surface area (Å²) in [5, 5.41) is 65.9. The van der Waals surface area contributed by atoms with Gasteiger partial charge in [-0.15, -0.1) is 0 Å². The Kier molecular flexibility index (Phi) is 10.8. The Labute approximate surface area is 341 Å². The number of fused-ring (bicyclic) bond motifs is 2. The average molecular weight is 825 g/mol. The zero-order valence-corrected chi connectivity index (χ0v) is 35.4. The molecule has 0 bridgehead atoms. The zero-order chi connectivity index (χ0) is 42.1. The van der Waals surface area contributed by atoms with Gasteiger partial charge in [0.15, 0.2) is 24.8 Å². The maximum absolute atomic E-state index is 12.3. The Morgan fingerprint density at radius 3 is 2.00 bits per heavy atom. The first-order valence-electron chi connectivity index (χ1n) is 21.7. The van der Waals surface area contributed by atoms with Crippen molar-refractivity contribution in [3.8, 4) is 0 Å². The van der Waals surface area contributed by atoms with Gasteiger partial charge in [-0.05, 0) is 118 Å². The molecule has 3 saturated heterocycles. The Hall–Kier alpha value is -1.50. The monoisotopic (exact) mass is 824 g/mol. The third-order valence-electron chi connectivity index (χ3n) is 17.0. The molecule has 2 spiro atoms. The molecule has 330 valence electrons. The van der Waals surface area contributed by atoms with E-state index >= 15 is 0 Å². The summed E-state index contributed by atoms with van der Waals surface area (Å²) < 4.78 is 43.3. The minimum atomic E-state index is -1.48. The van der Waals surface area contributed by atoms with Crippen molar-refractivity contribution >= 4 is 11.9 Å². The smallest absolute Gasteiger partial charge is 0.303 e. The molecule has 15 heteroatoms. The molecular weight excluding hydrogens is 756 g/mol. The first kappa shape index (κ1) is 43.2. The Bertz CT molecular complexity index is 1580. The van der Waals surface area contributed by atoms with Crippen molar-refractivity contribution in [2.45, 2.75) is 198 Å². The van der Waals surface area contributed by atoms with Gasteiger partial charge >= 0.3 is 11.9 Å². The predicted octanol–water partition coefficient (Wildman–Crippen LogP) is 2.11. The number of carbonyl (C=O) groups excluding carboxylic acids is 2. The quantitative estimate of drug-likeness (QED) is 0.153. The molecule has 0 radical (unpaired) electrons. The number of aliphatic hydroxyl groups excluding tert-OH is 5. The second kappa shape index (κ2) is 14.5. The van der Waals surface area contributed by atoms with Gasteiger partial charge in [-0.3, -0.25) is 9.59 Å². The summed E-state index contributed by atoms with van der Waals surface area (Å²) in [7, 11) is 0. The average Bonchev–Trinajstić information content (AvgIpc) is 3.43. The van der Waals surface area contributed by atoms with E-state index in [1.54, 1.807) is 13.8 Å². The third-order valence-corrected chi connectivity index (χ3v) is 17.0. The number of hydrogen-bond acceptors (Lipinski definition) is 15. The van der Waals surface area contributed by atoms with Gasteiger partial charge in [0, 0.05) is 19.8 Å². The van der Waals surface area contributed by atoms with Crippen molar-refractivity contribution in [1.29, 1.82) is 0 Å². The molecule has 15 nitrogen and oxygen atoms in total. The third kappa shape index (κ3) is 6.62. The molecular formula is C43H68O15. The van der Waals surface area contributed by atoms with Crippen LogP contribution >= 0.6 is 0 Å². The van der Waals surface area contributed by atoms with Gasteiger partial charge in [-0.2, -0.15) is 0 Å². The van der Waals surface area contributed by atoms with E-state index in [-0.39, 0.29) is 59.2 Å². The Morgan fingerprint density at radius 1 is 0.690 bits per heavy atom. The molecule has 8 rings (SSSR count). The maximum Gasteiger partial charge on any atom is 0.303 e. The fourth-order valence-electron chi connectivity index (χ4n) is 14.7. The normalized spacial score (nSPS) is 53.4. The minimum Gasteiger partial charge on any atom is -0.455 e. The van der Waals surface area contributed by atoms with Crippen molar-refractivity contribution in [2.24, 2.45) is 45.3 Å². The lowest BCUT2D eigenvalue weighted by molar-refractivity contribution is -0.325. The Morgan fingerprint density at radius 2 is 1.34 bits per heavy atom. The highest BCUT2D eigenvalue weighted by Gasteiger charge is 2.83. The van der Waals surface area contributed by atoms with Crippen LogP contribution in [0, 0.1) is 45.3 Å². The lowest BCUT2D eigenvalue weighted by Gasteiger charge is -2.62. The fraction of sp³-hybridized carbons (Fsp3) is 0.953. The molecule has 0 aromatic rings. The largest absolute Gasteiger partial charge is 0.455 e. The molecule has 20 atom stereocenters. The summed E-state index contributed by atoms with van der Waals surface area (Å²) in [6, 6.07) is 0.